The summed E-state index contributed by atoms with van der Waals surface area (Å²) in [4.78, 5) is 14.0. The second-order valence-corrected chi connectivity index (χ2v) is 4.96. The molecule has 0 fully saturated rings. The van der Waals surface area contributed by atoms with E-state index >= 15 is 0 Å². The van der Waals surface area contributed by atoms with Crippen molar-refractivity contribution in [2.45, 2.75) is 13.0 Å². The second-order valence-electron chi connectivity index (χ2n) is 4.14. The van der Waals surface area contributed by atoms with Crippen LogP contribution in [0.5, 0.6) is 5.75 Å². The molecule has 20 heavy (non-hydrogen) atoms. The van der Waals surface area contributed by atoms with E-state index in [0.29, 0.717) is 22.9 Å². The van der Waals surface area contributed by atoms with Crippen molar-refractivity contribution in [1.82, 2.24) is 4.98 Å². The van der Waals surface area contributed by atoms with Crippen LogP contribution in [0.3, 0.4) is 0 Å². The molecule has 2 aromatic rings. The van der Waals surface area contributed by atoms with Crippen molar-refractivity contribution in [2.75, 3.05) is 6.61 Å². The lowest BCUT2D eigenvalue weighted by molar-refractivity contribution is 0.281. The Labute approximate surface area is 125 Å². The Hall–Kier alpha value is -1.49. The van der Waals surface area contributed by atoms with Crippen molar-refractivity contribution < 1.29 is 9.84 Å². The van der Waals surface area contributed by atoms with E-state index < -0.39 is 5.56 Å². The van der Waals surface area contributed by atoms with E-state index in [-0.39, 0.29) is 18.2 Å². The Morgan fingerprint density at radius 3 is 2.70 bits per heavy atom. The molecule has 1 heterocycles. The topological polar surface area (TPSA) is 62.3 Å². The lowest BCUT2D eigenvalue weighted by atomic mass is 10.1. The van der Waals surface area contributed by atoms with Gasteiger partial charge in [0.15, 0.2) is 0 Å². The number of rotatable bonds is 5. The van der Waals surface area contributed by atoms with Gasteiger partial charge in [-0.1, -0.05) is 41.4 Å². The van der Waals surface area contributed by atoms with E-state index in [4.69, 9.17) is 33.0 Å². The minimum Gasteiger partial charge on any atom is -0.487 e. The first-order valence-corrected chi connectivity index (χ1v) is 6.76. The molecule has 6 heteroatoms. The van der Waals surface area contributed by atoms with Gasteiger partial charge in [-0.25, -0.2) is 0 Å². The standard InChI is InChI=1S/C14H13Cl2NO3/c15-10-7-11(16)14(19)17-12(10)8-20-13-4-2-1-3-9(13)5-6-18/h1-4,7,18H,5-6,8H2,(H,17,19). The number of halogens is 2. The summed E-state index contributed by atoms with van der Waals surface area (Å²) >= 11 is 11.7. The minimum absolute atomic E-state index is 0.0406. The van der Waals surface area contributed by atoms with Crippen LogP contribution in [0.25, 0.3) is 0 Å². The molecule has 106 valence electrons. The summed E-state index contributed by atoms with van der Waals surface area (Å²) in [5, 5.41) is 9.38. The van der Waals surface area contributed by atoms with Crippen LogP contribution in [0.15, 0.2) is 35.1 Å². The first-order valence-electron chi connectivity index (χ1n) is 6.00. The molecule has 0 aliphatic rings. The van der Waals surface area contributed by atoms with Gasteiger partial charge in [-0.2, -0.15) is 0 Å². The Kier molecular flexibility index (Phi) is 5.06. The third kappa shape index (κ3) is 3.54. The van der Waals surface area contributed by atoms with Gasteiger partial charge in [0.1, 0.15) is 17.4 Å². The third-order valence-electron chi connectivity index (χ3n) is 2.75. The molecule has 0 radical (unpaired) electrons. The largest absolute Gasteiger partial charge is 0.487 e. The molecule has 0 saturated heterocycles. The number of H-pyrrole nitrogens is 1. The monoisotopic (exact) mass is 313 g/mol. The SMILES string of the molecule is O=c1[nH]c(COc2ccccc2CCO)c(Cl)cc1Cl. The van der Waals surface area contributed by atoms with Crippen molar-refractivity contribution in [2.24, 2.45) is 0 Å². The molecule has 0 atom stereocenters. The van der Waals surface area contributed by atoms with E-state index in [2.05, 4.69) is 4.98 Å². The number of hydrogen-bond donors (Lipinski definition) is 2. The van der Waals surface area contributed by atoms with Crippen molar-refractivity contribution in [1.29, 1.82) is 0 Å². The van der Waals surface area contributed by atoms with Crippen LogP contribution in [-0.2, 0) is 13.0 Å². The lowest BCUT2D eigenvalue weighted by Gasteiger charge is -2.11. The quantitative estimate of drug-likeness (QED) is 0.892. The van der Waals surface area contributed by atoms with E-state index in [1.54, 1.807) is 6.07 Å². The lowest BCUT2D eigenvalue weighted by Crippen LogP contribution is -2.12. The number of nitrogens with one attached hydrogen (secondary N) is 1. The predicted octanol–water partition coefficient (Wildman–Crippen LogP) is 2.80. The van der Waals surface area contributed by atoms with E-state index in [0.717, 1.165) is 5.56 Å². The molecule has 0 saturated carbocycles. The molecular weight excluding hydrogens is 301 g/mol. The van der Waals surface area contributed by atoms with Crippen LogP contribution in [0.4, 0.5) is 0 Å². The molecule has 0 spiro atoms. The molecule has 4 nitrogen and oxygen atoms in total. The fourth-order valence-electron chi connectivity index (χ4n) is 1.75. The second kappa shape index (κ2) is 6.79. The van der Waals surface area contributed by atoms with Crippen molar-refractivity contribution in [3.8, 4) is 5.75 Å². The number of aliphatic hydroxyl groups excluding tert-OH is 1. The first-order chi connectivity index (χ1) is 9.61. The number of para-hydroxylation sites is 1. The number of ether oxygens (including phenoxy) is 1. The van der Waals surface area contributed by atoms with Gasteiger partial charge in [-0.05, 0) is 24.1 Å². The number of hydrogen-bond acceptors (Lipinski definition) is 3. The average Bonchev–Trinajstić information content (AvgIpc) is 2.43. The summed E-state index contributed by atoms with van der Waals surface area (Å²) in [6.07, 6.45) is 0.501. The fourth-order valence-corrected chi connectivity index (χ4v) is 2.17. The zero-order valence-corrected chi connectivity index (χ0v) is 12.0. The smallest absolute Gasteiger partial charge is 0.267 e. The van der Waals surface area contributed by atoms with Gasteiger partial charge in [-0.3, -0.25) is 4.79 Å². The average molecular weight is 314 g/mol. The molecule has 2 rings (SSSR count). The molecule has 0 unspecified atom stereocenters. The first kappa shape index (κ1) is 14.9. The number of aromatic nitrogens is 1. The fraction of sp³-hybridized carbons (Fsp3) is 0.214. The van der Waals surface area contributed by atoms with Crippen molar-refractivity contribution in [3.05, 3.63) is 62.0 Å². The molecule has 1 aromatic heterocycles. The maximum absolute atomic E-state index is 11.4. The van der Waals surface area contributed by atoms with Gasteiger partial charge >= 0.3 is 0 Å². The van der Waals surface area contributed by atoms with Crippen LogP contribution in [0, 0.1) is 0 Å². The highest BCUT2D eigenvalue weighted by Gasteiger charge is 2.08. The summed E-state index contributed by atoms with van der Waals surface area (Å²) < 4.78 is 5.64. The highest BCUT2D eigenvalue weighted by atomic mass is 35.5. The van der Waals surface area contributed by atoms with Crippen LogP contribution >= 0.6 is 23.2 Å². The van der Waals surface area contributed by atoms with E-state index in [1.165, 1.54) is 6.07 Å². The molecule has 0 aliphatic heterocycles. The van der Waals surface area contributed by atoms with Gasteiger partial charge in [0.25, 0.3) is 5.56 Å². The minimum atomic E-state index is -0.404. The highest BCUT2D eigenvalue weighted by Crippen LogP contribution is 2.21. The van der Waals surface area contributed by atoms with E-state index in [9.17, 15) is 4.79 Å². The number of aliphatic hydroxyl groups is 1. The van der Waals surface area contributed by atoms with E-state index in [1.807, 2.05) is 18.2 Å². The van der Waals surface area contributed by atoms with Gasteiger partial charge in [-0.15, -0.1) is 0 Å². The van der Waals surface area contributed by atoms with Crippen LogP contribution in [0.2, 0.25) is 10.0 Å². The molecular formula is C14H13Cl2NO3. The normalized spacial score (nSPS) is 10.6. The van der Waals surface area contributed by atoms with Gasteiger partial charge in [0, 0.05) is 6.61 Å². The zero-order chi connectivity index (χ0) is 14.5. The van der Waals surface area contributed by atoms with Gasteiger partial charge in [0.2, 0.25) is 0 Å². The van der Waals surface area contributed by atoms with Crippen molar-refractivity contribution in [3.63, 3.8) is 0 Å². The summed E-state index contributed by atoms with van der Waals surface area (Å²) in [5.41, 5.74) is 0.945. The number of aromatic amines is 1. The summed E-state index contributed by atoms with van der Waals surface area (Å²) in [7, 11) is 0. The van der Waals surface area contributed by atoms with Crippen LogP contribution in [0.1, 0.15) is 11.3 Å². The maximum Gasteiger partial charge on any atom is 0.267 e. The Bertz CT molecular complexity index is 655. The number of benzene rings is 1. The van der Waals surface area contributed by atoms with Crippen LogP contribution < -0.4 is 10.3 Å². The molecule has 0 aliphatic carbocycles. The summed E-state index contributed by atoms with van der Waals surface area (Å²) in [6, 6.07) is 8.77. The summed E-state index contributed by atoms with van der Waals surface area (Å²) in [6.45, 7) is 0.159. The molecule has 2 N–H and O–H groups in total. The van der Waals surface area contributed by atoms with Crippen molar-refractivity contribution >= 4 is 23.2 Å². The van der Waals surface area contributed by atoms with Gasteiger partial charge in [0.05, 0.1) is 10.7 Å². The Morgan fingerprint density at radius 2 is 1.95 bits per heavy atom. The van der Waals surface area contributed by atoms with Crippen LogP contribution in [-0.4, -0.2) is 16.7 Å². The maximum atomic E-state index is 11.4. The highest BCUT2D eigenvalue weighted by molar-refractivity contribution is 6.34. The Morgan fingerprint density at radius 1 is 1.20 bits per heavy atom. The zero-order valence-electron chi connectivity index (χ0n) is 10.5. The molecule has 1 aromatic carbocycles. The van der Waals surface area contributed by atoms with Gasteiger partial charge < -0.3 is 14.8 Å². The Balaban J connectivity index is 2.17. The molecule has 0 amide bonds. The molecule has 0 bridgehead atoms. The third-order valence-corrected chi connectivity index (χ3v) is 3.37. The predicted molar refractivity (Wildman–Crippen MR) is 78.6 cm³/mol. The summed E-state index contributed by atoms with van der Waals surface area (Å²) in [5.74, 6) is 0.647. The number of pyridine rings is 1.